The van der Waals surface area contributed by atoms with Crippen molar-refractivity contribution >= 4 is 17.2 Å². The van der Waals surface area contributed by atoms with Gasteiger partial charge in [0.25, 0.3) is 0 Å². The van der Waals surface area contributed by atoms with Crippen LogP contribution in [-0.2, 0) is 6.42 Å². The molecule has 0 spiro atoms. The zero-order valence-electron chi connectivity index (χ0n) is 12.3. The zero-order chi connectivity index (χ0) is 14.6. The van der Waals surface area contributed by atoms with E-state index in [-0.39, 0.29) is 17.1 Å². The van der Waals surface area contributed by atoms with Crippen molar-refractivity contribution in [1.29, 1.82) is 0 Å². The van der Waals surface area contributed by atoms with E-state index in [1.807, 2.05) is 30.3 Å². The van der Waals surface area contributed by atoms with Crippen molar-refractivity contribution in [3.63, 3.8) is 0 Å². The third-order valence-corrected chi connectivity index (χ3v) is 4.67. The van der Waals surface area contributed by atoms with Crippen molar-refractivity contribution in [2.24, 2.45) is 16.3 Å². The molecule has 0 radical (unpaired) electrons. The number of ketones is 1. The summed E-state index contributed by atoms with van der Waals surface area (Å²) in [6, 6.07) is 16.0. The molecule has 1 atom stereocenters. The van der Waals surface area contributed by atoms with Crippen LogP contribution in [0.15, 0.2) is 53.5 Å². The summed E-state index contributed by atoms with van der Waals surface area (Å²) in [5.41, 5.74) is 4.86. The zero-order valence-corrected chi connectivity index (χ0v) is 12.3. The van der Waals surface area contributed by atoms with Gasteiger partial charge >= 0.3 is 0 Å². The molecule has 0 amide bonds. The van der Waals surface area contributed by atoms with Gasteiger partial charge in [0.15, 0.2) is 5.78 Å². The van der Waals surface area contributed by atoms with E-state index in [0.29, 0.717) is 0 Å². The average molecular weight is 275 g/mol. The maximum atomic E-state index is 13.0. The molecule has 1 aliphatic heterocycles. The largest absolute Gasteiger partial charge is 0.293 e. The Morgan fingerprint density at radius 1 is 1.00 bits per heavy atom. The van der Waals surface area contributed by atoms with Gasteiger partial charge in [-0.05, 0) is 35.1 Å². The second-order valence-corrected chi connectivity index (χ2v) is 6.63. The molecule has 0 saturated carbocycles. The van der Waals surface area contributed by atoms with E-state index < -0.39 is 0 Å². The van der Waals surface area contributed by atoms with Crippen molar-refractivity contribution in [2.45, 2.75) is 20.3 Å². The van der Waals surface area contributed by atoms with Crippen LogP contribution in [0.3, 0.4) is 0 Å². The second kappa shape index (κ2) is 4.14. The topological polar surface area (TPSA) is 29.4 Å². The third-order valence-electron chi connectivity index (χ3n) is 4.67. The number of aliphatic imine (C=N–C) groups is 1. The number of hydrogen-bond donors (Lipinski definition) is 0. The Balaban J connectivity index is 2.03. The molecule has 4 rings (SSSR count). The molecule has 2 aliphatic rings. The summed E-state index contributed by atoms with van der Waals surface area (Å²) >= 11 is 0. The molecule has 0 fully saturated rings. The highest BCUT2D eigenvalue weighted by molar-refractivity contribution is 6.24. The summed E-state index contributed by atoms with van der Waals surface area (Å²) in [5.74, 6) is 0.0809. The lowest BCUT2D eigenvalue weighted by Gasteiger charge is -2.41. The Morgan fingerprint density at radius 3 is 2.48 bits per heavy atom. The van der Waals surface area contributed by atoms with E-state index in [9.17, 15) is 4.79 Å². The Kier molecular flexibility index (Phi) is 2.47. The molecule has 21 heavy (non-hydrogen) atoms. The first kappa shape index (κ1) is 12.5. The van der Waals surface area contributed by atoms with Gasteiger partial charge in [-0.2, -0.15) is 0 Å². The Bertz CT molecular complexity index is 786. The summed E-state index contributed by atoms with van der Waals surface area (Å²) in [6.45, 7) is 4.35. The van der Waals surface area contributed by atoms with Crippen LogP contribution in [0, 0.1) is 11.3 Å². The smallest absolute Gasteiger partial charge is 0.174 e. The molecule has 1 unspecified atom stereocenters. The molecule has 1 aliphatic carbocycles. The number of para-hydroxylation sites is 1. The highest BCUT2D eigenvalue weighted by Crippen LogP contribution is 2.45. The molecule has 0 N–H and O–H groups in total. The summed E-state index contributed by atoms with van der Waals surface area (Å²) in [5, 5.41) is 0. The van der Waals surface area contributed by atoms with Gasteiger partial charge in [0.2, 0.25) is 0 Å². The highest BCUT2D eigenvalue weighted by Gasteiger charge is 2.46. The minimum absolute atomic E-state index is 0.0994. The highest BCUT2D eigenvalue weighted by atomic mass is 16.1. The van der Waals surface area contributed by atoms with Crippen LogP contribution in [0.5, 0.6) is 0 Å². The number of Topliss-reactive ketones (excluding diaryl/α,β-unsaturated/α-hetero) is 1. The van der Waals surface area contributed by atoms with E-state index in [0.717, 1.165) is 28.9 Å². The van der Waals surface area contributed by atoms with Gasteiger partial charge in [-0.25, -0.2) is 0 Å². The number of benzene rings is 2. The van der Waals surface area contributed by atoms with E-state index >= 15 is 0 Å². The van der Waals surface area contributed by atoms with E-state index in [1.165, 1.54) is 5.56 Å². The molecular formula is C19H17NO. The van der Waals surface area contributed by atoms with Gasteiger partial charge in [0.1, 0.15) is 0 Å². The molecule has 0 bridgehead atoms. The van der Waals surface area contributed by atoms with Gasteiger partial charge in [0, 0.05) is 5.56 Å². The molecule has 2 nitrogen and oxygen atoms in total. The lowest BCUT2D eigenvalue weighted by atomic mass is 9.62. The minimum Gasteiger partial charge on any atom is -0.293 e. The first-order valence-electron chi connectivity index (χ1n) is 7.38. The number of fused-ring (bicyclic) bond motifs is 4. The standard InChI is InChI=1S/C19H17NO/c1-19(2)11-12-7-3-4-8-13(12)17-16(19)18(21)14-9-5-6-10-15(14)20-17/h3-10,16H,11H2,1-2H3. The molecule has 2 aromatic rings. The van der Waals surface area contributed by atoms with Gasteiger partial charge < -0.3 is 0 Å². The summed E-state index contributed by atoms with van der Waals surface area (Å²) < 4.78 is 0. The quantitative estimate of drug-likeness (QED) is 0.708. The first-order valence-corrected chi connectivity index (χ1v) is 7.38. The van der Waals surface area contributed by atoms with Crippen molar-refractivity contribution in [2.75, 3.05) is 0 Å². The van der Waals surface area contributed by atoms with Gasteiger partial charge in [0.05, 0.1) is 17.3 Å². The SMILES string of the molecule is CC1(C)Cc2ccccc2C2=Nc3ccccc3C(=O)C21. The number of hydrogen-bond acceptors (Lipinski definition) is 2. The van der Waals surface area contributed by atoms with Crippen LogP contribution >= 0.6 is 0 Å². The lowest BCUT2D eigenvalue weighted by Crippen LogP contribution is -2.44. The number of carbonyl (C=O) groups excluding carboxylic acids is 1. The molecule has 2 aromatic carbocycles. The number of carbonyl (C=O) groups is 1. The molecule has 104 valence electrons. The van der Waals surface area contributed by atoms with Gasteiger partial charge in [-0.1, -0.05) is 50.2 Å². The van der Waals surface area contributed by atoms with Crippen molar-refractivity contribution < 1.29 is 4.79 Å². The molecular weight excluding hydrogens is 258 g/mol. The second-order valence-electron chi connectivity index (χ2n) is 6.63. The van der Waals surface area contributed by atoms with Crippen molar-refractivity contribution in [1.82, 2.24) is 0 Å². The fourth-order valence-corrected chi connectivity index (χ4v) is 3.71. The predicted molar refractivity (Wildman–Crippen MR) is 84.4 cm³/mol. The molecule has 0 saturated heterocycles. The number of nitrogens with zero attached hydrogens (tertiary/aromatic N) is 1. The normalized spacial score (nSPS) is 21.9. The average Bonchev–Trinajstić information content (AvgIpc) is 2.46. The molecule has 2 heteroatoms. The Hall–Kier alpha value is -2.22. The van der Waals surface area contributed by atoms with Crippen molar-refractivity contribution in [3.05, 3.63) is 65.2 Å². The van der Waals surface area contributed by atoms with Crippen LogP contribution in [0.2, 0.25) is 0 Å². The fraction of sp³-hybridized carbons (Fsp3) is 0.263. The summed E-state index contributed by atoms with van der Waals surface area (Å²) in [7, 11) is 0. The van der Waals surface area contributed by atoms with Crippen LogP contribution in [-0.4, -0.2) is 11.5 Å². The first-order chi connectivity index (χ1) is 10.1. The van der Waals surface area contributed by atoms with Crippen LogP contribution in [0.4, 0.5) is 5.69 Å². The van der Waals surface area contributed by atoms with Crippen LogP contribution < -0.4 is 0 Å². The van der Waals surface area contributed by atoms with E-state index in [4.69, 9.17) is 4.99 Å². The number of rotatable bonds is 0. The van der Waals surface area contributed by atoms with Crippen LogP contribution in [0.1, 0.15) is 35.3 Å². The summed E-state index contributed by atoms with van der Waals surface area (Å²) in [6.07, 6.45) is 0.917. The van der Waals surface area contributed by atoms with Crippen LogP contribution in [0.25, 0.3) is 0 Å². The van der Waals surface area contributed by atoms with E-state index in [2.05, 4.69) is 32.0 Å². The van der Waals surface area contributed by atoms with Gasteiger partial charge in [-0.15, -0.1) is 0 Å². The lowest BCUT2D eigenvalue weighted by molar-refractivity contribution is 0.0867. The monoisotopic (exact) mass is 275 g/mol. The predicted octanol–water partition coefficient (Wildman–Crippen LogP) is 4.20. The molecule has 0 aromatic heterocycles. The summed E-state index contributed by atoms with van der Waals surface area (Å²) in [4.78, 5) is 17.8. The minimum atomic E-state index is -0.137. The van der Waals surface area contributed by atoms with E-state index in [1.54, 1.807) is 0 Å². The Morgan fingerprint density at radius 2 is 1.67 bits per heavy atom. The Labute approximate surface area is 124 Å². The fourth-order valence-electron chi connectivity index (χ4n) is 3.71. The van der Waals surface area contributed by atoms with Crippen molar-refractivity contribution in [3.8, 4) is 0 Å². The maximum absolute atomic E-state index is 13.0. The maximum Gasteiger partial charge on any atom is 0.174 e. The van der Waals surface area contributed by atoms with Gasteiger partial charge in [-0.3, -0.25) is 9.79 Å². The third kappa shape index (κ3) is 1.72. The molecule has 1 heterocycles.